The molecule has 3 heterocycles. The van der Waals surface area contributed by atoms with Crippen LogP contribution in [0.2, 0.25) is 0 Å². The number of benzene rings is 1. The Morgan fingerprint density at radius 1 is 1.21 bits per heavy atom. The van der Waals surface area contributed by atoms with Gasteiger partial charge >= 0.3 is 0 Å². The predicted octanol–water partition coefficient (Wildman–Crippen LogP) is 2.25. The molecular weight excluding hydrogens is 300 g/mol. The van der Waals surface area contributed by atoms with Crippen LogP contribution in [0.4, 0.5) is 0 Å². The van der Waals surface area contributed by atoms with Crippen molar-refractivity contribution in [2.24, 2.45) is 0 Å². The van der Waals surface area contributed by atoms with Crippen LogP contribution >= 0.6 is 0 Å². The van der Waals surface area contributed by atoms with Gasteiger partial charge in [-0.15, -0.1) is 0 Å². The SMILES string of the molecule is O=C(NC1CNCCc2ccccc21)c1cnc2cnccc2c1. The zero-order chi connectivity index (χ0) is 16.4. The Morgan fingerprint density at radius 3 is 3.08 bits per heavy atom. The summed E-state index contributed by atoms with van der Waals surface area (Å²) in [5, 5.41) is 7.45. The van der Waals surface area contributed by atoms with Crippen LogP contribution in [0.5, 0.6) is 0 Å². The molecule has 0 aliphatic carbocycles. The van der Waals surface area contributed by atoms with Crippen LogP contribution in [0.25, 0.3) is 10.9 Å². The van der Waals surface area contributed by atoms with Crippen LogP contribution in [0.3, 0.4) is 0 Å². The summed E-state index contributed by atoms with van der Waals surface area (Å²) in [6.45, 7) is 1.65. The predicted molar refractivity (Wildman–Crippen MR) is 92.8 cm³/mol. The van der Waals surface area contributed by atoms with Crippen molar-refractivity contribution < 1.29 is 4.79 Å². The van der Waals surface area contributed by atoms with Gasteiger partial charge in [-0.2, -0.15) is 0 Å². The summed E-state index contributed by atoms with van der Waals surface area (Å²) in [6, 6.07) is 12.0. The van der Waals surface area contributed by atoms with Crippen molar-refractivity contribution in [3.8, 4) is 0 Å². The molecule has 1 atom stereocenters. The molecule has 120 valence electrons. The smallest absolute Gasteiger partial charge is 0.253 e. The monoisotopic (exact) mass is 318 g/mol. The van der Waals surface area contributed by atoms with Gasteiger partial charge in [0, 0.05) is 24.3 Å². The molecule has 0 spiro atoms. The number of hydrogen-bond acceptors (Lipinski definition) is 4. The maximum absolute atomic E-state index is 12.7. The summed E-state index contributed by atoms with van der Waals surface area (Å²) in [5.74, 6) is -0.107. The Balaban J connectivity index is 1.61. The van der Waals surface area contributed by atoms with E-state index in [1.807, 2.05) is 24.3 Å². The molecule has 1 aliphatic heterocycles. The minimum atomic E-state index is -0.107. The molecule has 0 saturated heterocycles. The molecule has 4 rings (SSSR count). The summed E-state index contributed by atoms with van der Waals surface area (Å²) < 4.78 is 0. The second kappa shape index (κ2) is 6.37. The minimum absolute atomic E-state index is 0.0377. The molecule has 1 unspecified atom stereocenters. The van der Waals surface area contributed by atoms with E-state index in [9.17, 15) is 4.79 Å². The third-order valence-corrected chi connectivity index (χ3v) is 4.40. The lowest BCUT2D eigenvalue weighted by Crippen LogP contribution is -2.34. The lowest BCUT2D eigenvalue weighted by molar-refractivity contribution is 0.0936. The van der Waals surface area contributed by atoms with Crippen LogP contribution in [0.1, 0.15) is 27.5 Å². The summed E-state index contributed by atoms with van der Waals surface area (Å²) in [7, 11) is 0. The molecule has 0 bridgehead atoms. The van der Waals surface area contributed by atoms with Gasteiger partial charge in [0.25, 0.3) is 5.91 Å². The Kier molecular flexibility index (Phi) is 3.92. The zero-order valence-electron chi connectivity index (χ0n) is 13.2. The fourth-order valence-corrected chi connectivity index (χ4v) is 3.15. The first kappa shape index (κ1) is 14.8. The van der Waals surface area contributed by atoms with E-state index in [2.05, 4.69) is 32.7 Å². The second-order valence-corrected chi connectivity index (χ2v) is 5.97. The number of carbonyl (C=O) groups excluding carboxylic acids is 1. The van der Waals surface area contributed by atoms with E-state index >= 15 is 0 Å². The quantitative estimate of drug-likeness (QED) is 0.760. The lowest BCUT2D eigenvalue weighted by Gasteiger charge is -2.19. The van der Waals surface area contributed by atoms with Crippen molar-refractivity contribution in [1.82, 2.24) is 20.6 Å². The van der Waals surface area contributed by atoms with Gasteiger partial charge < -0.3 is 10.6 Å². The van der Waals surface area contributed by atoms with E-state index in [1.54, 1.807) is 18.6 Å². The maximum Gasteiger partial charge on any atom is 0.253 e. The summed E-state index contributed by atoms with van der Waals surface area (Å²) >= 11 is 0. The van der Waals surface area contributed by atoms with Crippen LogP contribution in [-0.2, 0) is 6.42 Å². The highest BCUT2D eigenvalue weighted by Gasteiger charge is 2.20. The highest BCUT2D eigenvalue weighted by Crippen LogP contribution is 2.21. The standard InChI is InChI=1S/C19H18N4O/c24-19(15-9-14-6-8-20-11-17(14)22-10-15)23-18-12-21-7-5-13-3-1-2-4-16(13)18/h1-4,6,8-11,18,21H,5,7,12H2,(H,23,24). The Morgan fingerprint density at radius 2 is 2.12 bits per heavy atom. The molecule has 2 aromatic heterocycles. The van der Waals surface area contributed by atoms with Gasteiger partial charge in [0.15, 0.2) is 0 Å². The van der Waals surface area contributed by atoms with E-state index in [1.165, 1.54) is 11.1 Å². The number of amides is 1. The van der Waals surface area contributed by atoms with Crippen molar-refractivity contribution in [3.63, 3.8) is 0 Å². The number of nitrogens with zero attached hydrogens (tertiary/aromatic N) is 2. The van der Waals surface area contributed by atoms with Gasteiger partial charge in [-0.1, -0.05) is 24.3 Å². The highest BCUT2D eigenvalue weighted by molar-refractivity contribution is 5.97. The molecule has 5 heteroatoms. The van der Waals surface area contributed by atoms with Crippen molar-refractivity contribution in [3.05, 3.63) is 71.7 Å². The van der Waals surface area contributed by atoms with Crippen molar-refractivity contribution in [1.29, 1.82) is 0 Å². The molecule has 0 saturated carbocycles. The molecule has 24 heavy (non-hydrogen) atoms. The normalized spacial score (nSPS) is 17.1. The van der Waals surface area contributed by atoms with E-state index < -0.39 is 0 Å². The number of fused-ring (bicyclic) bond motifs is 2. The lowest BCUT2D eigenvalue weighted by atomic mass is 9.99. The van der Waals surface area contributed by atoms with Crippen molar-refractivity contribution in [2.45, 2.75) is 12.5 Å². The molecule has 3 aromatic rings. The molecule has 0 radical (unpaired) electrons. The largest absolute Gasteiger partial charge is 0.344 e. The number of aromatic nitrogens is 2. The third kappa shape index (κ3) is 2.86. The van der Waals surface area contributed by atoms with Crippen LogP contribution in [-0.4, -0.2) is 29.0 Å². The Labute approximate surface area is 140 Å². The van der Waals surface area contributed by atoms with E-state index in [0.29, 0.717) is 5.56 Å². The first-order valence-corrected chi connectivity index (χ1v) is 8.10. The summed E-state index contributed by atoms with van der Waals surface area (Å²) in [4.78, 5) is 21.0. The fraction of sp³-hybridized carbons (Fsp3) is 0.211. The van der Waals surface area contributed by atoms with E-state index in [0.717, 1.165) is 30.4 Å². The van der Waals surface area contributed by atoms with Gasteiger partial charge in [-0.25, -0.2) is 0 Å². The number of pyridine rings is 2. The molecule has 0 fully saturated rings. The number of rotatable bonds is 2. The Bertz CT molecular complexity index is 893. The molecular formula is C19H18N4O. The van der Waals surface area contributed by atoms with Gasteiger partial charge in [0.1, 0.15) is 0 Å². The summed E-state index contributed by atoms with van der Waals surface area (Å²) in [6.07, 6.45) is 5.99. The average Bonchev–Trinajstić information content (AvgIpc) is 2.84. The molecule has 1 aromatic carbocycles. The van der Waals surface area contributed by atoms with E-state index in [4.69, 9.17) is 0 Å². The van der Waals surface area contributed by atoms with Crippen LogP contribution < -0.4 is 10.6 Å². The number of nitrogens with one attached hydrogen (secondary N) is 2. The molecule has 1 amide bonds. The van der Waals surface area contributed by atoms with Gasteiger partial charge in [0.05, 0.1) is 23.3 Å². The van der Waals surface area contributed by atoms with Crippen molar-refractivity contribution >= 4 is 16.8 Å². The first-order valence-electron chi connectivity index (χ1n) is 8.10. The van der Waals surface area contributed by atoms with Gasteiger partial charge in [-0.3, -0.25) is 14.8 Å². The highest BCUT2D eigenvalue weighted by atomic mass is 16.1. The summed E-state index contributed by atoms with van der Waals surface area (Å²) in [5.41, 5.74) is 3.83. The number of hydrogen-bond donors (Lipinski definition) is 2. The van der Waals surface area contributed by atoms with Crippen molar-refractivity contribution in [2.75, 3.05) is 13.1 Å². The second-order valence-electron chi connectivity index (χ2n) is 5.97. The zero-order valence-corrected chi connectivity index (χ0v) is 13.2. The fourth-order valence-electron chi connectivity index (χ4n) is 3.15. The van der Waals surface area contributed by atoms with Gasteiger partial charge in [-0.05, 0) is 36.2 Å². The first-order chi connectivity index (χ1) is 11.8. The minimum Gasteiger partial charge on any atom is -0.344 e. The maximum atomic E-state index is 12.7. The third-order valence-electron chi connectivity index (χ3n) is 4.40. The molecule has 2 N–H and O–H groups in total. The average molecular weight is 318 g/mol. The molecule has 5 nitrogen and oxygen atoms in total. The van der Waals surface area contributed by atoms with Crippen LogP contribution in [0, 0.1) is 0 Å². The number of carbonyl (C=O) groups is 1. The van der Waals surface area contributed by atoms with Crippen LogP contribution in [0.15, 0.2) is 55.0 Å². The van der Waals surface area contributed by atoms with E-state index in [-0.39, 0.29) is 11.9 Å². The Hall–Kier alpha value is -2.79. The topological polar surface area (TPSA) is 66.9 Å². The molecule has 1 aliphatic rings. The van der Waals surface area contributed by atoms with Gasteiger partial charge in [0.2, 0.25) is 0 Å².